The lowest BCUT2D eigenvalue weighted by Gasteiger charge is -2.30. The molecular formula is C38H29N. The molecule has 0 saturated heterocycles. The van der Waals surface area contributed by atoms with E-state index >= 15 is 0 Å². The summed E-state index contributed by atoms with van der Waals surface area (Å²) in [6.07, 6.45) is 2.33. The molecule has 0 aromatic heterocycles. The predicted octanol–water partition coefficient (Wildman–Crippen LogP) is 10.5. The molecule has 0 heterocycles. The summed E-state index contributed by atoms with van der Waals surface area (Å²) in [5, 5.41) is 7.77. The topological polar surface area (TPSA) is 3.24 Å². The highest BCUT2D eigenvalue weighted by Crippen LogP contribution is 2.42. The number of aryl methyl sites for hydroxylation is 2. The molecule has 0 saturated carbocycles. The Kier molecular flexibility index (Phi) is 5.64. The van der Waals surface area contributed by atoms with Gasteiger partial charge in [-0.15, -0.1) is 0 Å². The highest BCUT2D eigenvalue weighted by Gasteiger charge is 2.20. The molecule has 0 radical (unpaired) electrons. The minimum absolute atomic E-state index is 1.14. The SMILES string of the molecule is Cc1ccc(N(C(=Cc2ccccc2)c2ccc3ccc4cccc5ccc2c3c45)c2ccc(C)cc2)cc1. The number of hydrogen-bond donors (Lipinski definition) is 0. The fourth-order valence-corrected chi connectivity index (χ4v) is 5.74. The first-order valence-corrected chi connectivity index (χ1v) is 13.5. The minimum atomic E-state index is 1.14. The second-order valence-corrected chi connectivity index (χ2v) is 10.4. The van der Waals surface area contributed by atoms with Crippen molar-refractivity contribution in [1.82, 2.24) is 0 Å². The molecule has 0 bridgehead atoms. The van der Waals surface area contributed by atoms with Crippen molar-refractivity contribution in [3.63, 3.8) is 0 Å². The van der Waals surface area contributed by atoms with Crippen LogP contribution in [0, 0.1) is 13.8 Å². The van der Waals surface area contributed by atoms with Gasteiger partial charge < -0.3 is 4.90 Å². The van der Waals surface area contributed by atoms with Crippen molar-refractivity contribution in [2.45, 2.75) is 13.8 Å². The smallest absolute Gasteiger partial charge is 0.0546 e. The average Bonchev–Trinajstić information content (AvgIpc) is 2.98. The van der Waals surface area contributed by atoms with E-state index in [1.54, 1.807) is 0 Å². The molecule has 0 unspecified atom stereocenters. The molecule has 7 aromatic rings. The number of anilines is 2. The molecular weight excluding hydrogens is 470 g/mol. The van der Waals surface area contributed by atoms with Gasteiger partial charge in [0.25, 0.3) is 0 Å². The molecule has 0 spiro atoms. The van der Waals surface area contributed by atoms with Crippen LogP contribution in [0.15, 0.2) is 133 Å². The number of hydrogen-bond acceptors (Lipinski definition) is 1. The molecule has 0 amide bonds. The van der Waals surface area contributed by atoms with Gasteiger partial charge >= 0.3 is 0 Å². The summed E-state index contributed by atoms with van der Waals surface area (Å²) in [5.74, 6) is 0. The maximum absolute atomic E-state index is 2.40. The second kappa shape index (κ2) is 9.45. The Morgan fingerprint density at radius 1 is 0.487 bits per heavy atom. The lowest BCUT2D eigenvalue weighted by atomic mass is 9.90. The van der Waals surface area contributed by atoms with E-state index in [-0.39, 0.29) is 0 Å². The van der Waals surface area contributed by atoms with Crippen molar-refractivity contribution in [3.8, 4) is 0 Å². The standard InChI is InChI=1S/C38H29N/c1-26-11-19-32(20-12-26)39(33-21-13-27(2)14-22-33)36(25-28-7-4-3-5-8-28)34-23-17-31-16-15-29-9-6-10-30-18-24-35(34)38(31)37(29)30/h3-25H,1-2H3. The van der Waals surface area contributed by atoms with Gasteiger partial charge in [-0.2, -0.15) is 0 Å². The summed E-state index contributed by atoms with van der Waals surface area (Å²) < 4.78 is 0. The zero-order valence-corrected chi connectivity index (χ0v) is 22.2. The minimum Gasteiger partial charge on any atom is -0.310 e. The molecule has 0 aliphatic heterocycles. The quantitative estimate of drug-likeness (QED) is 0.168. The Bertz CT molecular complexity index is 1880. The van der Waals surface area contributed by atoms with E-state index in [0.717, 1.165) is 17.1 Å². The third-order valence-corrected chi connectivity index (χ3v) is 7.73. The van der Waals surface area contributed by atoms with E-state index < -0.39 is 0 Å². The van der Waals surface area contributed by atoms with E-state index in [1.165, 1.54) is 54.6 Å². The van der Waals surface area contributed by atoms with Crippen molar-refractivity contribution in [2.24, 2.45) is 0 Å². The number of nitrogens with zero attached hydrogens (tertiary/aromatic N) is 1. The molecule has 7 rings (SSSR count). The molecule has 0 aliphatic carbocycles. The summed E-state index contributed by atoms with van der Waals surface area (Å²) in [6.45, 7) is 4.28. The first-order chi connectivity index (χ1) is 19.2. The van der Waals surface area contributed by atoms with Gasteiger partial charge in [-0.1, -0.05) is 120 Å². The summed E-state index contributed by atoms with van der Waals surface area (Å²) in [7, 11) is 0. The van der Waals surface area contributed by atoms with Crippen LogP contribution in [-0.2, 0) is 0 Å². The van der Waals surface area contributed by atoms with Crippen LogP contribution >= 0.6 is 0 Å². The van der Waals surface area contributed by atoms with Crippen molar-refractivity contribution in [3.05, 3.63) is 156 Å². The average molecular weight is 500 g/mol. The lowest BCUT2D eigenvalue weighted by molar-refractivity contribution is 1.29. The first kappa shape index (κ1) is 23.3. The van der Waals surface area contributed by atoms with Crippen LogP contribution in [0.1, 0.15) is 22.3 Å². The maximum Gasteiger partial charge on any atom is 0.0546 e. The van der Waals surface area contributed by atoms with Gasteiger partial charge in [-0.25, -0.2) is 0 Å². The number of benzene rings is 7. The fraction of sp³-hybridized carbons (Fsp3) is 0.0526. The van der Waals surface area contributed by atoms with E-state index in [2.05, 4.69) is 158 Å². The Morgan fingerprint density at radius 3 is 1.64 bits per heavy atom. The Hall–Kier alpha value is -4.88. The number of rotatable bonds is 5. The zero-order chi connectivity index (χ0) is 26.3. The van der Waals surface area contributed by atoms with Crippen LogP contribution in [0.2, 0.25) is 0 Å². The van der Waals surface area contributed by atoms with E-state index in [4.69, 9.17) is 0 Å². The first-order valence-electron chi connectivity index (χ1n) is 13.5. The van der Waals surface area contributed by atoms with Gasteiger partial charge in [0.05, 0.1) is 5.70 Å². The molecule has 0 N–H and O–H groups in total. The molecule has 0 aliphatic rings. The van der Waals surface area contributed by atoms with Gasteiger partial charge in [-0.3, -0.25) is 0 Å². The summed E-state index contributed by atoms with van der Waals surface area (Å²) in [6, 6.07) is 48.6. The monoisotopic (exact) mass is 499 g/mol. The van der Waals surface area contributed by atoms with Gasteiger partial charge in [-0.05, 0) is 82.1 Å². The third kappa shape index (κ3) is 4.13. The van der Waals surface area contributed by atoms with Gasteiger partial charge in [0.15, 0.2) is 0 Å². The van der Waals surface area contributed by atoms with Gasteiger partial charge in [0.2, 0.25) is 0 Å². The summed E-state index contributed by atoms with van der Waals surface area (Å²) in [4.78, 5) is 2.40. The van der Waals surface area contributed by atoms with Gasteiger partial charge in [0, 0.05) is 16.9 Å². The molecule has 39 heavy (non-hydrogen) atoms. The summed E-state index contributed by atoms with van der Waals surface area (Å²) >= 11 is 0. The van der Waals surface area contributed by atoms with Crippen LogP contribution in [0.4, 0.5) is 11.4 Å². The zero-order valence-electron chi connectivity index (χ0n) is 22.2. The van der Waals surface area contributed by atoms with Crippen molar-refractivity contribution >= 4 is 55.5 Å². The highest BCUT2D eigenvalue weighted by atomic mass is 15.1. The van der Waals surface area contributed by atoms with E-state index in [0.29, 0.717) is 0 Å². The largest absolute Gasteiger partial charge is 0.310 e. The maximum atomic E-state index is 2.40. The Labute approximate surface area is 229 Å². The van der Waals surface area contributed by atoms with E-state index in [9.17, 15) is 0 Å². The molecule has 1 heteroatoms. The highest BCUT2D eigenvalue weighted by molar-refractivity contribution is 6.25. The fourth-order valence-electron chi connectivity index (χ4n) is 5.74. The molecule has 1 nitrogen and oxygen atoms in total. The Morgan fingerprint density at radius 2 is 1.03 bits per heavy atom. The molecule has 0 fully saturated rings. The third-order valence-electron chi connectivity index (χ3n) is 7.73. The van der Waals surface area contributed by atoms with Crippen LogP contribution in [0.25, 0.3) is 44.1 Å². The molecule has 186 valence electrons. The molecule has 7 aromatic carbocycles. The van der Waals surface area contributed by atoms with Crippen LogP contribution in [-0.4, -0.2) is 0 Å². The van der Waals surface area contributed by atoms with Crippen LogP contribution in [0.5, 0.6) is 0 Å². The van der Waals surface area contributed by atoms with Crippen LogP contribution < -0.4 is 4.90 Å². The van der Waals surface area contributed by atoms with Crippen LogP contribution in [0.3, 0.4) is 0 Å². The lowest BCUT2D eigenvalue weighted by Crippen LogP contribution is -2.16. The summed E-state index contributed by atoms with van der Waals surface area (Å²) in [5.41, 5.74) is 8.30. The van der Waals surface area contributed by atoms with Crippen molar-refractivity contribution < 1.29 is 0 Å². The van der Waals surface area contributed by atoms with Gasteiger partial charge in [0.1, 0.15) is 0 Å². The van der Waals surface area contributed by atoms with E-state index in [1.807, 2.05) is 0 Å². The predicted molar refractivity (Wildman–Crippen MR) is 169 cm³/mol. The van der Waals surface area contributed by atoms with Crippen molar-refractivity contribution in [1.29, 1.82) is 0 Å². The molecule has 0 atom stereocenters. The Balaban J connectivity index is 1.57. The normalized spacial score (nSPS) is 12.0. The van der Waals surface area contributed by atoms with Crippen molar-refractivity contribution in [2.75, 3.05) is 4.90 Å². The second-order valence-electron chi connectivity index (χ2n) is 10.4.